The van der Waals surface area contributed by atoms with Gasteiger partial charge in [-0.25, -0.2) is 4.98 Å². The van der Waals surface area contributed by atoms with Crippen LogP contribution in [0, 0.1) is 0 Å². The van der Waals surface area contributed by atoms with E-state index in [4.69, 9.17) is 10.5 Å². The Morgan fingerprint density at radius 2 is 2.19 bits per heavy atom. The lowest BCUT2D eigenvalue weighted by molar-refractivity contribution is 0.326. The minimum atomic E-state index is 0.484. The predicted octanol–water partition coefficient (Wildman–Crippen LogP) is 2.53. The fraction of sp³-hybridized carbons (Fsp3) is 0.500. The Labute approximate surface area is 128 Å². The molecule has 0 saturated heterocycles. The molecule has 1 aliphatic rings. The Morgan fingerprint density at radius 3 is 3.05 bits per heavy atom. The molecule has 0 unspecified atom stereocenters. The zero-order chi connectivity index (χ0) is 14.7. The van der Waals surface area contributed by atoms with Gasteiger partial charge in [0.05, 0.1) is 12.3 Å². The quantitative estimate of drug-likeness (QED) is 0.935. The topological polar surface area (TPSA) is 78.9 Å². The van der Waals surface area contributed by atoms with Crippen LogP contribution in [-0.2, 0) is 13.0 Å². The lowest BCUT2D eigenvalue weighted by atomic mass is 10.2. The SMILES string of the molecule is CCOc1nc(Sc2nnc3n2CCCCC3)ccc1N. The van der Waals surface area contributed by atoms with E-state index in [0.717, 1.165) is 29.0 Å². The van der Waals surface area contributed by atoms with Crippen LogP contribution in [0.3, 0.4) is 0 Å². The van der Waals surface area contributed by atoms with Crippen molar-refractivity contribution < 1.29 is 4.74 Å². The van der Waals surface area contributed by atoms with Gasteiger partial charge in [-0.1, -0.05) is 6.42 Å². The highest BCUT2D eigenvalue weighted by Crippen LogP contribution is 2.30. The van der Waals surface area contributed by atoms with Crippen molar-refractivity contribution in [2.24, 2.45) is 0 Å². The van der Waals surface area contributed by atoms with E-state index in [-0.39, 0.29) is 0 Å². The largest absolute Gasteiger partial charge is 0.476 e. The number of hydrogen-bond donors (Lipinski definition) is 1. The highest BCUT2D eigenvalue weighted by atomic mass is 32.2. The number of fused-ring (bicyclic) bond motifs is 1. The molecule has 0 fully saturated rings. The molecule has 0 atom stereocenters. The van der Waals surface area contributed by atoms with Crippen LogP contribution in [-0.4, -0.2) is 26.4 Å². The van der Waals surface area contributed by atoms with Gasteiger partial charge >= 0.3 is 0 Å². The van der Waals surface area contributed by atoms with Gasteiger partial charge in [-0.3, -0.25) is 0 Å². The molecule has 7 heteroatoms. The molecule has 6 nitrogen and oxygen atoms in total. The highest BCUT2D eigenvalue weighted by molar-refractivity contribution is 7.99. The molecule has 0 saturated carbocycles. The van der Waals surface area contributed by atoms with Gasteiger partial charge in [0, 0.05) is 13.0 Å². The normalized spacial score (nSPS) is 14.5. The molecule has 3 rings (SSSR count). The maximum absolute atomic E-state index is 5.85. The number of hydrogen-bond acceptors (Lipinski definition) is 6. The van der Waals surface area contributed by atoms with Crippen LogP contribution in [0.1, 0.15) is 32.0 Å². The maximum atomic E-state index is 5.85. The Kier molecular flexibility index (Phi) is 4.28. The van der Waals surface area contributed by atoms with E-state index < -0.39 is 0 Å². The first-order valence-electron chi connectivity index (χ1n) is 7.27. The third-order valence-corrected chi connectivity index (χ3v) is 4.34. The summed E-state index contributed by atoms with van der Waals surface area (Å²) in [7, 11) is 0. The van der Waals surface area contributed by atoms with E-state index >= 15 is 0 Å². The number of nitrogen functional groups attached to an aromatic ring is 1. The summed E-state index contributed by atoms with van der Waals surface area (Å²) in [5.41, 5.74) is 6.41. The molecule has 1 aliphatic heterocycles. The zero-order valence-corrected chi connectivity index (χ0v) is 12.9. The van der Waals surface area contributed by atoms with Gasteiger partial charge in [0.15, 0.2) is 5.16 Å². The van der Waals surface area contributed by atoms with Crippen molar-refractivity contribution >= 4 is 17.4 Å². The molecule has 2 aromatic heterocycles. The average Bonchev–Trinajstić information content (AvgIpc) is 2.71. The van der Waals surface area contributed by atoms with Gasteiger partial charge in [-0.05, 0) is 43.7 Å². The third-order valence-electron chi connectivity index (χ3n) is 3.42. The average molecular weight is 305 g/mol. The molecule has 2 N–H and O–H groups in total. The molecule has 0 aromatic carbocycles. The van der Waals surface area contributed by atoms with Crippen LogP contribution < -0.4 is 10.5 Å². The molecular weight excluding hydrogens is 286 g/mol. The molecule has 112 valence electrons. The Balaban J connectivity index is 1.83. The van der Waals surface area contributed by atoms with E-state index in [1.54, 1.807) is 0 Å². The number of aryl methyl sites for hydroxylation is 1. The van der Waals surface area contributed by atoms with Crippen molar-refractivity contribution in [1.29, 1.82) is 0 Å². The van der Waals surface area contributed by atoms with Crippen LogP contribution in [0.5, 0.6) is 5.88 Å². The zero-order valence-electron chi connectivity index (χ0n) is 12.1. The Hall–Kier alpha value is -1.76. The summed E-state index contributed by atoms with van der Waals surface area (Å²) in [6.45, 7) is 3.45. The molecule has 3 heterocycles. The van der Waals surface area contributed by atoms with Crippen LogP contribution in [0.4, 0.5) is 5.69 Å². The molecule has 0 radical (unpaired) electrons. The third kappa shape index (κ3) is 3.12. The minimum absolute atomic E-state index is 0.484. The smallest absolute Gasteiger partial charge is 0.238 e. The van der Waals surface area contributed by atoms with Gasteiger partial charge in [-0.15, -0.1) is 10.2 Å². The van der Waals surface area contributed by atoms with Gasteiger partial charge < -0.3 is 15.0 Å². The number of aromatic nitrogens is 4. The Morgan fingerprint density at radius 1 is 1.29 bits per heavy atom. The molecule has 0 amide bonds. The van der Waals surface area contributed by atoms with Crippen molar-refractivity contribution in [1.82, 2.24) is 19.7 Å². The minimum Gasteiger partial charge on any atom is -0.476 e. The number of ether oxygens (including phenoxy) is 1. The first-order valence-corrected chi connectivity index (χ1v) is 8.09. The number of rotatable bonds is 4. The summed E-state index contributed by atoms with van der Waals surface area (Å²) in [6.07, 6.45) is 4.63. The van der Waals surface area contributed by atoms with Gasteiger partial charge in [0.1, 0.15) is 10.9 Å². The first kappa shape index (κ1) is 14.2. The van der Waals surface area contributed by atoms with Gasteiger partial charge in [0.2, 0.25) is 5.88 Å². The van der Waals surface area contributed by atoms with Crippen LogP contribution in [0.2, 0.25) is 0 Å². The molecule has 0 spiro atoms. The molecule has 0 bridgehead atoms. The lowest BCUT2D eigenvalue weighted by Gasteiger charge is -2.08. The van der Waals surface area contributed by atoms with E-state index in [0.29, 0.717) is 18.2 Å². The summed E-state index contributed by atoms with van der Waals surface area (Å²) < 4.78 is 7.64. The fourth-order valence-electron chi connectivity index (χ4n) is 2.37. The van der Waals surface area contributed by atoms with Crippen molar-refractivity contribution in [2.75, 3.05) is 12.3 Å². The van der Waals surface area contributed by atoms with Crippen molar-refractivity contribution in [2.45, 2.75) is 49.3 Å². The molecule has 0 aliphatic carbocycles. The second kappa shape index (κ2) is 6.34. The molecule has 21 heavy (non-hydrogen) atoms. The molecular formula is C14H19N5OS. The predicted molar refractivity (Wildman–Crippen MR) is 81.5 cm³/mol. The summed E-state index contributed by atoms with van der Waals surface area (Å²) in [5, 5.41) is 10.3. The van der Waals surface area contributed by atoms with Gasteiger partial charge in [0.25, 0.3) is 0 Å². The summed E-state index contributed by atoms with van der Waals surface area (Å²) >= 11 is 1.51. The Bertz CT molecular complexity index is 628. The van der Waals surface area contributed by atoms with Crippen molar-refractivity contribution in [3.8, 4) is 5.88 Å². The summed E-state index contributed by atoms with van der Waals surface area (Å²) in [6, 6.07) is 3.71. The summed E-state index contributed by atoms with van der Waals surface area (Å²) in [4.78, 5) is 4.44. The lowest BCUT2D eigenvalue weighted by Crippen LogP contribution is -2.03. The number of nitrogens with zero attached hydrogens (tertiary/aromatic N) is 4. The van der Waals surface area contributed by atoms with Crippen LogP contribution in [0.15, 0.2) is 22.3 Å². The summed E-state index contributed by atoms with van der Waals surface area (Å²) in [5.74, 6) is 1.56. The van der Waals surface area contributed by atoms with Crippen LogP contribution in [0.25, 0.3) is 0 Å². The second-order valence-electron chi connectivity index (χ2n) is 4.94. The standard InChI is InChI=1S/C14H19N5OS/c1-2-20-13-10(15)7-8-12(16-13)21-14-18-17-11-6-4-3-5-9-19(11)14/h7-8H,2-6,9,15H2,1H3. The van der Waals surface area contributed by atoms with E-state index in [2.05, 4.69) is 19.7 Å². The first-order chi connectivity index (χ1) is 10.3. The fourth-order valence-corrected chi connectivity index (χ4v) is 3.21. The van der Waals surface area contributed by atoms with Crippen molar-refractivity contribution in [3.63, 3.8) is 0 Å². The van der Waals surface area contributed by atoms with E-state index in [9.17, 15) is 0 Å². The number of anilines is 1. The van der Waals surface area contributed by atoms with E-state index in [1.807, 2.05) is 19.1 Å². The van der Waals surface area contributed by atoms with Crippen molar-refractivity contribution in [3.05, 3.63) is 18.0 Å². The maximum Gasteiger partial charge on any atom is 0.238 e. The monoisotopic (exact) mass is 305 g/mol. The highest BCUT2D eigenvalue weighted by Gasteiger charge is 2.16. The van der Waals surface area contributed by atoms with E-state index in [1.165, 1.54) is 31.0 Å². The van der Waals surface area contributed by atoms with Crippen LogP contribution >= 0.6 is 11.8 Å². The van der Waals surface area contributed by atoms with Gasteiger partial charge in [-0.2, -0.15) is 0 Å². The molecule has 2 aromatic rings. The number of nitrogens with two attached hydrogens (primary N) is 1. The number of pyridine rings is 1. The second-order valence-corrected chi connectivity index (χ2v) is 5.93.